The third-order valence-corrected chi connectivity index (χ3v) is 5.17. The number of amides is 1. The van der Waals surface area contributed by atoms with Crippen molar-refractivity contribution in [3.05, 3.63) is 66.6 Å². The van der Waals surface area contributed by atoms with E-state index in [0.717, 1.165) is 31.4 Å². The van der Waals surface area contributed by atoms with Crippen molar-refractivity contribution in [2.24, 2.45) is 5.73 Å². The highest BCUT2D eigenvalue weighted by atomic mass is 16.5. The quantitative estimate of drug-likeness (QED) is 0.596. The number of hydrogen-bond acceptors (Lipinski definition) is 5. The number of anilines is 1. The minimum atomic E-state index is -0.478. The molecule has 0 aliphatic heterocycles. The monoisotopic (exact) mass is 392 g/mol. The molecule has 1 aliphatic carbocycles. The largest absolute Gasteiger partial charge is 0.439 e. The number of aromatic nitrogens is 2. The van der Waals surface area contributed by atoms with Crippen LogP contribution in [0, 0.1) is 0 Å². The highest BCUT2D eigenvalue weighted by Crippen LogP contribution is 2.29. The molecule has 0 radical (unpaired) electrons. The summed E-state index contributed by atoms with van der Waals surface area (Å²) in [4.78, 5) is 16.0. The number of nitrogens with two attached hydrogens (primary N) is 1. The van der Waals surface area contributed by atoms with Crippen molar-refractivity contribution in [3.8, 4) is 17.3 Å². The van der Waals surface area contributed by atoms with E-state index in [1.54, 1.807) is 18.5 Å². The molecule has 7 heteroatoms. The average Bonchev–Trinajstić information content (AvgIpc) is 3.18. The second-order valence-electron chi connectivity index (χ2n) is 7.25. The van der Waals surface area contributed by atoms with Crippen LogP contribution in [0.4, 0.5) is 5.69 Å². The van der Waals surface area contributed by atoms with Gasteiger partial charge in [0, 0.05) is 30.2 Å². The molecule has 4 N–H and O–H groups in total. The lowest BCUT2D eigenvalue weighted by atomic mass is 9.92. The Hall–Kier alpha value is -3.32. The molecule has 0 bridgehead atoms. The zero-order valence-corrected chi connectivity index (χ0v) is 16.0. The minimum absolute atomic E-state index is 0.197. The van der Waals surface area contributed by atoms with Gasteiger partial charge >= 0.3 is 0 Å². The average molecular weight is 392 g/mol. The van der Waals surface area contributed by atoms with Gasteiger partial charge in [-0.05, 0) is 62.1 Å². The van der Waals surface area contributed by atoms with E-state index in [1.165, 1.54) is 0 Å². The molecule has 2 heterocycles. The molecule has 1 saturated carbocycles. The number of pyridine rings is 1. The van der Waals surface area contributed by atoms with Crippen LogP contribution in [0.25, 0.3) is 5.69 Å². The van der Waals surface area contributed by atoms with Crippen molar-refractivity contribution < 1.29 is 14.6 Å². The van der Waals surface area contributed by atoms with E-state index in [0.29, 0.717) is 22.9 Å². The van der Waals surface area contributed by atoms with E-state index in [2.05, 4.69) is 10.3 Å². The number of carbonyl (C=O) groups excluding carboxylic acids is 1. The molecular weight excluding hydrogens is 368 g/mol. The zero-order valence-electron chi connectivity index (χ0n) is 16.0. The van der Waals surface area contributed by atoms with Crippen LogP contribution in [0.15, 0.2) is 61.1 Å². The van der Waals surface area contributed by atoms with Gasteiger partial charge in [0.05, 0.1) is 23.6 Å². The summed E-state index contributed by atoms with van der Waals surface area (Å²) in [6, 6.07) is 13.1. The van der Waals surface area contributed by atoms with Crippen LogP contribution in [-0.2, 0) is 0 Å². The second-order valence-corrected chi connectivity index (χ2v) is 7.25. The number of carbonyl (C=O) groups is 1. The first-order valence-corrected chi connectivity index (χ1v) is 9.74. The van der Waals surface area contributed by atoms with E-state index in [4.69, 9.17) is 10.5 Å². The van der Waals surface area contributed by atoms with Gasteiger partial charge in [0.25, 0.3) is 5.91 Å². The lowest BCUT2D eigenvalue weighted by molar-refractivity contribution is 0.100. The number of nitrogens with zero attached hydrogens (tertiary/aromatic N) is 2. The Labute approximate surface area is 169 Å². The molecule has 29 heavy (non-hydrogen) atoms. The van der Waals surface area contributed by atoms with E-state index in [-0.39, 0.29) is 12.1 Å². The van der Waals surface area contributed by atoms with Gasteiger partial charge in [-0.25, -0.2) is 0 Å². The molecule has 1 aromatic carbocycles. The maximum Gasteiger partial charge on any atom is 0.250 e. The normalized spacial score (nSPS) is 18.9. The van der Waals surface area contributed by atoms with Gasteiger partial charge in [-0.1, -0.05) is 0 Å². The zero-order chi connectivity index (χ0) is 20.2. The van der Waals surface area contributed by atoms with Crippen LogP contribution in [0.2, 0.25) is 0 Å². The molecule has 0 atom stereocenters. The molecule has 1 amide bonds. The number of primary amides is 1. The van der Waals surface area contributed by atoms with Gasteiger partial charge in [-0.3, -0.25) is 14.3 Å². The van der Waals surface area contributed by atoms with E-state index in [9.17, 15) is 9.90 Å². The maximum absolute atomic E-state index is 11.9. The summed E-state index contributed by atoms with van der Waals surface area (Å²) in [7, 11) is 0. The summed E-state index contributed by atoms with van der Waals surface area (Å²) in [5, 5.41) is 13.2. The predicted molar refractivity (Wildman–Crippen MR) is 110 cm³/mol. The summed E-state index contributed by atoms with van der Waals surface area (Å²) in [5.74, 6) is 0.797. The lowest BCUT2D eigenvalue weighted by Crippen LogP contribution is -2.29. The molecule has 1 aliphatic rings. The maximum atomic E-state index is 11.9. The molecule has 0 unspecified atom stereocenters. The van der Waals surface area contributed by atoms with E-state index < -0.39 is 5.91 Å². The first-order valence-electron chi connectivity index (χ1n) is 9.74. The summed E-state index contributed by atoms with van der Waals surface area (Å²) < 4.78 is 7.84. The number of aliphatic hydroxyl groups excluding tert-OH is 1. The van der Waals surface area contributed by atoms with Gasteiger partial charge in [0.2, 0.25) is 5.88 Å². The Kier molecular flexibility index (Phi) is 5.48. The Morgan fingerprint density at radius 2 is 2.00 bits per heavy atom. The van der Waals surface area contributed by atoms with Gasteiger partial charge in [0.15, 0.2) is 0 Å². The standard InChI is InChI=1S/C22H24N4O3/c23-22(28)19-10-7-16(13-20(19)25-15-5-8-17(27)9-6-15)26-12-2-4-21(26)29-18-3-1-11-24-14-18/h1-4,7,10-15,17,25,27H,5-6,8-9H2,(H2,23,28). The third-order valence-electron chi connectivity index (χ3n) is 5.17. The molecule has 0 saturated heterocycles. The molecular formula is C22H24N4O3. The third kappa shape index (κ3) is 4.41. The van der Waals surface area contributed by atoms with Crippen LogP contribution in [0.3, 0.4) is 0 Å². The number of rotatable bonds is 6. The fourth-order valence-corrected chi connectivity index (χ4v) is 3.65. The summed E-state index contributed by atoms with van der Waals surface area (Å²) >= 11 is 0. The summed E-state index contributed by atoms with van der Waals surface area (Å²) in [6.07, 6.45) is 8.21. The second kappa shape index (κ2) is 8.36. The Morgan fingerprint density at radius 3 is 2.72 bits per heavy atom. The molecule has 1 fully saturated rings. The van der Waals surface area contributed by atoms with Crippen molar-refractivity contribution in [1.29, 1.82) is 0 Å². The molecule has 3 aromatic rings. The minimum Gasteiger partial charge on any atom is -0.439 e. The Balaban J connectivity index is 1.62. The highest BCUT2D eigenvalue weighted by molar-refractivity contribution is 5.99. The first-order chi connectivity index (χ1) is 14.1. The van der Waals surface area contributed by atoms with E-state index in [1.807, 2.05) is 47.2 Å². The molecule has 2 aromatic heterocycles. The van der Waals surface area contributed by atoms with Gasteiger partial charge < -0.3 is 20.9 Å². The van der Waals surface area contributed by atoms with Crippen molar-refractivity contribution in [1.82, 2.24) is 9.55 Å². The number of benzene rings is 1. The molecule has 4 rings (SSSR count). The van der Waals surface area contributed by atoms with Crippen LogP contribution in [-0.4, -0.2) is 32.7 Å². The number of hydrogen-bond donors (Lipinski definition) is 3. The molecule has 7 nitrogen and oxygen atoms in total. The molecule has 0 spiro atoms. The van der Waals surface area contributed by atoms with Crippen LogP contribution < -0.4 is 15.8 Å². The van der Waals surface area contributed by atoms with Crippen LogP contribution in [0.1, 0.15) is 36.0 Å². The van der Waals surface area contributed by atoms with Gasteiger partial charge in [-0.2, -0.15) is 0 Å². The Morgan fingerprint density at radius 1 is 1.17 bits per heavy atom. The van der Waals surface area contributed by atoms with Gasteiger partial charge in [-0.15, -0.1) is 0 Å². The smallest absolute Gasteiger partial charge is 0.250 e. The highest BCUT2D eigenvalue weighted by Gasteiger charge is 2.21. The van der Waals surface area contributed by atoms with Crippen molar-refractivity contribution in [3.63, 3.8) is 0 Å². The number of ether oxygens (including phenoxy) is 1. The van der Waals surface area contributed by atoms with Crippen molar-refractivity contribution >= 4 is 11.6 Å². The molecule has 150 valence electrons. The van der Waals surface area contributed by atoms with Gasteiger partial charge in [0.1, 0.15) is 5.75 Å². The van der Waals surface area contributed by atoms with E-state index >= 15 is 0 Å². The van der Waals surface area contributed by atoms with Crippen LogP contribution >= 0.6 is 0 Å². The topological polar surface area (TPSA) is 102 Å². The fourth-order valence-electron chi connectivity index (χ4n) is 3.65. The first kappa shape index (κ1) is 19.0. The summed E-state index contributed by atoms with van der Waals surface area (Å²) in [5.41, 5.74) is 7.57. The summed E-state index contributed by atoms with van der Waals surface area (Å²) in [6.45, 7) is 0. The SMILES string of the molecule is NC(=O)c1ccc(-n2cccc2Oc2cccnc2)cc1NC1CCC(O)CC1. The Bertz CT molecular complexity index is 979. The van der Waals surface area contributed by atoms with Crippen LogP contribution in [0.5, 0.6) is 11.6 Å². The predicted octanol–water partition coefficient (Wildman–Crippen LogP) is 3.48. The number of nitrogens with one attached hydrogen (secondary N) is 1. The fraction of sp³-hybridized carbons (Fsp3) is 0.273. The van der Waals surface area contributed by atoms with Crippen molar-refractivity contribution in [2.45, 2.75) is 37.8 Å². The lowest BCUT2D eigenvalue weighted by Gasteiger charge is -2.28. The van der Waals surface area contributed by atoms with Crippen molar-refractivity contribution in [2.75, 3.05) is 5.32 Å². The number of aliphatic hydroxyl groups is 1.